The van der Waals surface area contributed by atoms with E-state index in [1.807, 2.05) is 23.6 Å². The normalized spacial score (nSPS) is 21.5. The zero-order valence-electron chi connectivity index (χ0n) is 18.8. The maximum atomic E-state index is 14.3. The summed E-state index contributed by atoms with van der Waals surface area (Å²) < 4.78 is 19.6. The van der Waals surface area contributed by atoms with Gasteiger partial charge in [0, 0.05) is 38.7 Å². The van der Waals surface area contributed by atoms with Crippen molar-refractivity contribution < 1.29 is 23.6 Å². The Labute approximate surface area is 187 Å². The molecule has 0 spiro atoms. The molecule has 0 bridgehead atoms. The summed E-state index contributed by atoms with van der Waals surface area (Å²) in [6, 6.07) is 3.66. The van der Waals surface area contributed by atoms with E-state index in [-0.39, 0.29) is 29.4 Å². The van der Waals surface area contributed by atoms with Crippen LogP contribution in [-0.4, -0.2) is 54.5 Å². The number of amides is 1. The fourth-order valence-corrected chi connectivity index (χ4v) is 4.41. The smallest absolute Gasteiger partial charge is 0.308 e. The Kier molecular flexibility index (Phi) is 8.04. The second-order valence-electron chi connectivity index (χ2n) is 9.21. The van der Waals surface area contributed by atoms with Crippen LogP contribution in [0.25, 0.3) is 0 Å². The summed E-state index contributed by atoms with van der Waals surface area (Å²) in [5, 5.41) is 10.8. The number of hydrogen-bond acceptors (Lipinski definition) is 6. The maximum absolute atomic E-state index is 14.3. The Morgan fingerprint density at radius 1 is 1.16 bits per heavy atom. The highest BCUT2D eigenvalue weighted by molar-refractivity contribution is 5.77. The molecule has 8 nitrogen and oxygen atoms in total. The summed E-state index contributed by atoms with van der Waals surface area (Å²) in [6.07, 6.45) is 3.70. The molecule has 2 aliphatic rings. The molecule has 3 rings (SSSR count). The summed E-state index contributed by atoms with van der Waals surface area (Å²) in [5.74, 6) is -0.0901. The third-order valence-electron chi connectivity index (χ3n) is 6.32. The molecule has 1 saturated carbocycles. The molecule has 2 fully saturated rings. The number of nitrogens with zero attached hydrogens (tertiary/aromatic N) is 3. The van der Waals surface area contributed by atoms with Gasteiger partial charge in [-0.2, -0.15) is 0 Å². The standard InChI is InChI=1S/C23H32FN3O5/c1-16(2)15-32-23(29)18-5-3-17(4-6-18)13-22(28)26-11-9-25(10-12-26)21-8-7-19(27(30)31)14-20(21)24/h7-8,14,16-18H,3-6,9-13,15H2,1-2H3. The molecule has 32 heavy (non-hydrogen) atoms. The van der Waals surface area contributed by atoms with Gasteiger partial charge >= 0.3 is 5.97 Å². The molecule has 0 radical (unpaired) electrons. The third kappa shape index (κ3) is 6.17. The Bertz CT molecular complexity index is 831. The van der Waals surface area contributed by atoms with E-state index in [9.17, 15) is 24.1 Å². The van der Waals surface area contributed by atoms with Crippen molar-refractivity contribution in [1.82, 2.24) is 4.90 Å². The highest BCUT2D eigenvalue weighted by Crippen LogP contribution is 2.32. The number of rotatable bonds is 7. The Balaban J connectivity index is 1.43. The highest BCUT2D eigenvalue weighted by Gasteiger charge is 2.30. The van der Waals surface area contributed by atoms with Gasteiger partial charge in [-0.1, -0.05) is 13.8 Å². The van der Waals surface area contributed by atoms with Gasteiger partial charge in [-0.15, -0.1) is 0 Å². The zero-order valence-corrected chi connectivity index (χ0v) is 18.8. The van der Waals surface area contributed by atoms with Crippen molar-refractivity contribution in [2.45, 2.75) is 46.0 Å². The predicted octanol–water partition coefficient (Wildman–Crippen LogP) is 3.78. The summed E-state index contributed by atoms with van der Waals surface area (Å²) in [6.45, 7) is 6.42. The predicted molar refractivity (Wildman–Crippen MR) is 118 cm³/mol. The lowest BCUT2D eigenvalue weighted by Gasteiger charge is -2.37. The topological polar surface area (TPSA) is 93.0 Å². The van der Waals surface area contributed by atoms with Crippen LogP contribution < -0.4 is 4.90 Å². The van der Waals surface area contributed by atoms with E-state index in [0.717, 1.165) is 31.7 Å². The number of carbonyl (C=O) groups excluding carboxylic acids is 2. The van der Waals surface area contributed by atoms with Crippen LogP contribution in [0, 0.1) is 33.7 Å². The van der Waals surface area contributed by atoms with Gasteiger partial charge in [0.05, 0.1) is 29.2 Å². The molecular weight excluding hydrogens is 417 g/mol. The van der Waals surface area contributed by atoms with Crippen LogP contribution in [0.3, 0.4) is 0 Å². The second-order valence-corrected chi connectivity index (χ2v) is 9.21. The van der Waals surface area contributed by atoms with E-state index >= 15 is 0 Å². The number of hydrogen-bond donors (Lipinski definition) is 0. The van der Waals surface area contributed by atoms with Crippen LogP contribution in [0.5, 0.6) is 0 Å². The van der Waals surface area contributed by atoms with Crippen molar-refractivity contribution in [2.75, 3.05) is 37.7 Å². The van der Waals surface area contributed by atoms with Crippen molar-refractivity contribution in [3.63, 3.8) is 0 Å². The minimum absolute atomic E-state index is 0.0553. The first kappa shape index (κ1) is 23.9. The van der Waals surface area contributed by atoms with Crippen molar-refractivity contribution in [3.05, 3.63) is 34.1 Å². The van der Waals surface area contributed by atoms with E-state index in [4.69, 9.17) is 4.74 Å². The number of benzene rings is 1. The molecule has 1 aliphatic heterocycles. The van der Waals surface area contributed by atoms with Gasteiger partial charge < -0.3 is 14.5 Å². The second kappa shape index (κ2) is 10.7. The minimum Gasteiger partial charge on any atom is -0.465 e. The van der Waals surface area contributed by atoms with Crippen molar-refractivity contribution >= 4 is 23.3 Å². The van der Waals surface area contributed by atoms with Crippen LogP contribution in [0.1, 0.15) is 46.0 Å². The summed E-state index contributed by atoms with van der Waals surface area (Å²) in [4.78, 5) is 38.7. The van der Waals surface area contributed by atoms with Gasteiger partial charge in [0.25, 0.3) is 5.69 Å². The quantitative estimate of drug-likeness (QED) is 0.357. The third-order valence-corrected chi connectivity index (χ3v) is 6.32. The average molecular weight is 450 g/mol. The molecule has 1 aromatic rings. The molecule has 1 heterocycles. The van der Waals surface area contributed by atoms with Crippen molar-refractivity contribution in [3.8, 4) is 0 Å². The van der Waals surface area contributed by atoms with Gasteiger partial charge in [0.15, 0.2) is 5.82 Å². The van der Waals surface area contributed by atoms with E-state index in [0.29, 0.717) is 50.8 Å². The number of non-ortho nitro benzene ring substituents is 1. The number of carbonyl (C=O) groups is 2. The minimum atomic E-state index is -0.623. The first-order valence-corrected chi connectivity index (χ1v) is 11.4. The van der Waals surface area contributed by atoms with Crippen molar-refractivity contribution in [1.29, 1.82) is 0 Å². The first-order chi connectivity index (χ1) is 15.2. The number of piperazine rings is 1. The van der Waals surface area contributed by atoms with Gasteiger partial charge in [-0.05, 0) is 43.6 Å². The van der Waals surface area contributed by atoms with E-state index in [1.165, 1.54) is 12.1 Å². The number of ether oxygens (including phenoxy) is 1. The number of anilines is 1. The van der Waals surface area contributed by atoms with Gasteiger partial charge in [-0.3, -0.25) is 19.7 Å². The number of esters is 1. The Morgan fingerprint density at radius 3 is 2.38 bits per heavy atom. The molecule has 176 valence electrons. The molecule has 0 aromatic heterocycles. The molecule has 1 saturated heterocycles. The molecule has 9 heteroatoms. The SMILES string of the molecule is CC(C)COC(=O)C1CCC(CC(=O)N2CCN(c3ccc([N+](=O)[O-])cc3F)CC2)CC1. The zero-order chi connectivity index (χ0) is 23.3. The van der Waals surface area contributed by atoms with Gasteiger partial charge in [0.1, 0.15) is 0 Å². The van der Waals surface area contributed by atoms with Crippen molar-refractivity contribution in [2.24, 2.45) is 17.8 Å². The molecule has 1 amide bonds. The number of nitro groups is 1. The maximum Gasteiger partial charge on any atom is 0.308 e. The van der Waals surface area contributed by atoms with Crippen LogP contribution in [0.2, 0.25) is 0 Å². The van der Waals surface area contributed by atoms with Crippen LogP contribution >= 0.6 is 0 Å². The fraction of sp³-hybridized carbons (Fsp3) is 0.652. The molecule has 0 N–H and O–H groups in total. The van der Waals surface area contributed by atoms with E-state index in [2.05, 4.69) is 0 Å². The van der Waals surface area contributed by atoms with E-state index < -0.39 is 10.7 Å². The van der Waals surface area contributed by atoms with Gasteiger partial charge in [-0.25, -0.2) is 4.39 Å². The monoisotopic (exact) mass is 449 g/mol. The lowest BCUT2D eigenvalue weighted by molar-refractivity contribution is -0.385. The molecule has 0 unspecified atom stereocenters. The molecular formula is C23H32FN3O5. The molecule has 1 aliphatic carbocycles. The largest absolute Gasteiger partial charge is 0.465 e. The van der Waals surface area contributed by atoms with Gasteiger partial charge in [0.2, 0.25) is 5.91 Å². The van der Waals surface area contributed by atoms with Crippen LogP contribution in [0.4, 0.5) is 15.8 Å². The lowest BCUT2D eigenvalue weighted by Crippen LogP contribution is -2.49. The van der Waals surface area contributed by atoms with E-state index in [1.54, 1.807) is 0 Å². The summed E-state index contributed by atoms with van der Waals surface area (Å²) in [7, 11) is 0. The Hall–Kier alpha value is -2.71. The highest BCUT2D eigenvalue weighted by atomic mass is 19.1. The average Bonchev–Trinajstić information content (AvgIpc) is 2.78. The number of halogens is 1. The Morgan fingerprint density at radius 2 is 1.81 bits per heavy atom. The van der Waals surface area contributed by atoms with Crippen LogP contribution in [-0.2, 0) is 14.3 Å². The molecule has 0 atom stereocenters. The van der Waals surface area contributed by atoms with Crippen LogP contribution in [0.15, 0.2) is 18.2 Å². The molecule has 1 aromatic carbocycles. The lowest BCUT2D eigenvalue weighted by atomic mass is 9.80. The summed E-state index contributed by atoms with van der Waals surface area (Å²) >= 11 is 0. The summed E-state index contributed by atoms with van der Waals surface area (Å²) in [5.41, 5.74) is 0.0494. The fourth-order valence-electron chi connectivity index (χ4n) is 4.41. The first-order valence-electron chi connectivity index (χ1n) is 11.4. The number of nitro benzene ring substituents is 1.